The Kier molecular flexibility index (Phi) is 4.86. The van der Waals surface area contributed by atoms with Crippen LogP contribution in [0.1, 0.15) is 17.3 Å². The average Bonchev–Trinajstić information content (AvgIpc) is 2.66. The summed E-state index contributed by atoms with van der Waals surface area (Å²) >= 11 is 12.7. The van der Waals surface area contributed by atoms with Crippen LogP contribution >= 0.6 is 23.2 Å². The molecule has 0 saturated heterocycles. The lowest BCUT2D eigenvalue weighted by molar-refractivity contribution is 0.336. The van der Waals surface area contributed by atoms with Gasteiger partial charge in [-0.1, -0.05) is 71.7 Å². The van der Waals surface area contributed by atoms with E-state index < -0.39 is 16.2 Å². The molecule has 7 heteroatoms. The fourth-order valence-corrected chi connectivity index (χ4v) is 5.29. The quantitative estimate of drug-likeness (QED) is 0.626. The Hall–Kier alpha value is -2.05. The van der Waals surface area contributed by atoms with Gasteiger partial charge in [0, 0.05) is 22.2 Å². The first-order valence-corrected chi connectivity index (χ1v) is 10.5. The summed E-state index contributed by atoms with van der Waals surface area (Å²) in [5.41, 5.74) is 1.96. The highest BCUT2D eigenvalue weighted by Gasteiger charge is 2.39. The predicted molar refractivity (Wildman–Crippen MR) is 108 cm³/mol. The zero-order valence-electron chi connectivity index (χ0n) is 14.1. The predicted octanol–water partition coefficient (Wildman–Crippen LogP) is 5.31. The van der Waals surface area contributed by atoms with Crippen molar-refractivity contribution in [1.29, 1.82) is 0 Å². The molecule has 1 aliphatic heterocycles. The standard InChI is InChI=1S/C20H16Cl2N2O2S/c21-16-9-3-1-7-14(16)13-24-20(15-8-2-4-10-17(15)22)23-18-11-5-6-12-19(18)27(24,25)26/h1-12,20,23H,13H2/t20-/m0/s1. The maximum atomic E-state index is 13.4. The molecule has 1 aliphatic rings. The smallest absolute Gasteiger partial charge is 0.247 e. The van der Waals surface area contributed by atoms with Gasteiger partial charge in [0.25, 0.3) is 0 Å². The molecule has 0 amide bonds. The fourth-order valence-electron chi connectivity index (χ4n) is 3.20. The van der Waals surface area contributed by atoms with Gasteiger partial charge in [-0.15, -0.1) is 0 Å². The molecule has 1 N–H and O–H groups in total. The number of hydrogen-bond acceptors (Lipinski definition) is 3. The lowest BCUT2D eigenvalue weighted by Crippen LogP contribution is -2.42. The number of anilines is 1. The largest absolute Gasteiger partial charge is 0.364 e. The molecule has 27 heavy (non-hydrogen) atoms. The maximum absolute atomic E-state index is 13.4. The monoisotopic (exact) mass is 418 g/mol. The molecule has 0 saturated carbocycles. The topological polar surface area (TPSA) is 49.4 Å². The van der Waals surface area contributed by atoms with Gasteiger partial charge in [-0.2, -0.15) is 4.31 Å². The summed E-state index contributed by atoms with van der Waals surface area (Å²) in [4.78, 5) is 0.236. The zero-order chi connectivity index (χ0) is 19.0. The van der Waals surface area contributed by atoms with E-state index >= 15 is 0 Å². The average molecular weight is 419 g/mol. The highest BCUT2D eigenvalue weighted by atomic mass is 35.5. The van der Waals surface area contributed by atoms with E-state index in [9.17, 15) is 8.42 Å². The molecule has 0 unspecified atom stereocenters. The lowest BCUT2D eigenvalue weighted by atomic mass is 10.1. The third-order valence-corrected chi connectivity index (χ3v) is 7.12. The molecule has 0 bridgehead atoms. The highest BCUT2D eigenvalue weighted by Crippen LogP contribution is 2.41. The van der Waals surface area contributed by atoms with E-state index in [-0.39, 0.29) is 11.4 Å². The minimum Gasteiger partial charge on any atom is -0.364 e. The third kappa shape index (κ3) is 3.32. The molecule has 0 aromatic heterocycles. The van der Waals surface area contributed by atoms with Crippen LogP contribution in [0.25, 0.3) is 0 Å². The molecule has 3 aromatic rings. The van der Waals surface area contributed by atoms with Gasteiger partial charge < -0.3 is 5.32 Å². The Morgan fingerprint density at radius 3 is 2.22 bits per heavy atom. The lowest BCUT2D eigenvalue weighted by Gasteiger charge is -2.37. The number of benzene rings is 3. The van der Waals surface area contributed by atoms with Crippen molar-refractivity contribution in [2.24, 2.45) is 0 Å². The molecule has 4 nitrogen and oxygen atoms in total. The molecule has 0 radical (unpaired) electrons. The molecular formula is C20H16Cl2N2O2S. The highest BCUT2D eigenvalue weighted by molar-refractivity contribution is 7.89. The molecule has 0 fully saturated rings. The first-order valence-electron chi connectivity index (χ1n) is 8.34. The molecule has 4 rings (SSSR count). The molecular weight excluding hydrogens is 403 g/mol. The van der Waals surface area contributed by atoms with Crippen molar-refractivity contribution in [3.63, 3.8) is 0 Å². The number of hydrogen-bond donors (Lipinski definition) is 1. The number of fused-ring (bicyclic) bond motifs is 1. The number of nitrogens with one attached hydrogen (secondary N) is 1. The number of halogens is 2. The van der Waals surface area contributed by atoms with E-state index in [0.29, 0.717) is 21.3 Å². The van der Waals surface area contributed by atoms with Gasteiger partial charge in [0.15, 0.2) is 0 Å². The summed E-state index contributed by atoms with van der Waals surface area (Å²) in [5, 5.41) is 4.33. The van der Waals surface area contributed by atoms with Gasteiger partial charge in [-0.05, 0) is 29.8 Å². The van der Waals surface area contributed by atoms with Crippen molar-refractivity contribution in [2.45, 2.75) is 17.6 Å². The van der Waals surface area contributed by atoms with Gasteiger partial charge in [-0.25, -0.2) is 8.42 Å². The van der Waals surface area contributed by atoms with E-state index in [0.717, 1.165) is 5.56 Å². The van der Waals surface area contributed by atoms with Crippen molar-refractivity contribution in [2.75, 3.05) is 5.32 Å². The van der Waals surface area contributed by atoms with Crippen LogP contribution in [0.2, 0.25) is 10.0 Å². The molecule has 0 spiro atoms. The van der Waals surface area contributed by atoms with Crippen LogP contribution in [0.15, 0.2) is 77.7 Å². The number of sulfonamides is 1. The first-order chi connectivity index (χ1) is 13.0. The number of rotatable bonds is 3. The molecule has 138 valence electrons. The second-order valence-electron chi connectivity index (χ2n) is 6.21. The van der Waals surface area contributed by atoms with Gasteiger partial charge in [-0.3, -0.25) is 0 Å². The molecule has 1 heterocycles. The van der Waals surface area contributed by atoms with E-state index in [1.807, 2.05) is 36.4 Å². The summed E-state index contributed by atoms with van der Waals surface area (Å²) in [5.74, 6) is 0. The van der Waals surface area contributed by atoms with Crippen LogP contribution in [0.4, 0.5) is 5.69 Å². The Morgan fingerprint density at radius 1 is 0.852 bits per heavy atom. The minimum absolute atomic E-state index is 0.124. The van der Waals surface area contributed by atoms with Gasteiger partial charge >= 0.3 is 0 Å². The van der Waals surface area contributed by atoms with Gasteiger partial charge in [0.2, 0.25) is 10.0 Å². The van der Waals surface area contributed by atoms with Crippen LogP contribution in [0, 0.1) is 0 Å². The van der Waals surface area contributed by atoms with Crippen molar-refractivity contribution in [3.05, 3.63) is 94.0 Å². The Balaban J connectivity index is 1.88. The third-order valence-electron chi connectivity index (χ3n) is 4.54. The summed E-state index contributed by atoms with van der Waals surface area (Å²) in [6.45, 7) is 0.124. The summed E-state index contributed by atoms with van der Waals surface area (Å²) < 4.78 is 28.2. The Bertz CT molecular complexity index is 1100. The number of para-hydroxylation sites is 1. The van der Waals surface area contributed by atoms with E-state index in [1.165, 1.54) is 4.31 Å². The Morgan fingerprint density at radius 2 is 1.48 bits per heavy atom. The van der Waals surface area contributed by atoms with Crippen LogP contribution in [-0.4, -0.2) is 12.7 Å². The zero-order valence-corrected chi connectivity index (χ0v) is 16.5. The van der Waals surface area contributed by atoms with E-state index in [2.05, 4.69) is 5.32 Å². The van der Waals surface area contributed by atoms with Crippen molar-refractivity contribution >= 4 is 38.9 Å². The van der Waals surface area contributed by atoms with Gasteiger partial charge in [0.05, 0.1) is 5.69 Å². The van der Waals surface area contributed by atoms with Crippen LogP contribution in [-0.2, 0) is 16.6 Å². The van der Waals surface area contributed by atoms with Crippen molar-refractivity contribution < 1.29 is 8.42 Å². The minimum atomic E-state index is -3.76. The summed E-state index contributed by atoms with van der Waals surface area (Å²) in [6.07, 6.45) is -0.644. The maximum Gasteiger partial charge on any atom is 0.247 e. The van der Waals surface area contributed by atoms with Crippen LogP contribution < -0.4 is 5.32 Å². The molecule has 3 aromatic carbocycles. The van der Waals surface area contributed by atoms with E-state index in [4.69, 9.17) is 23.2 Å². The molecule has 0 aliphatic carbocycles. The second-order valence-corrected chi connectivity index (χ2v) is 8.88. The molecule has 1 atom stereocenters. The SMILES string of the molecule is O=S1(=O)c2ccccc2N[C@H](c2ccccc2Cl)N1Cc1ccccc1Cl. The first kappa shape index (κ1) is 18.3. The van der Waals surface area contributed by atoms with Crippen molar-refractivity contribution in [1.82, 2.24) is 4.31 Å². The normalized spacial score (nSPS) is 18.5. The van der Waals surface area contributed by atoms with Gasteiger partial charge in [0.1, 0.15) is 11.1 Å². The van der Waals surface area contributed by atoms with E-state index in [1.54, 1.807) is 36.4 Å². The second kappa shape index (κ2) is 7.17. The summed E-state index contributed by atoms with van der Waals surface area (Å²) in [7, 11) is -3.76. The Labute approximate surface area is 168 Å². The van der Waals surface area contributed by atoms with Crippen LogP contribution in [0.3, 0.4) is 0 Å². The summed E-state index contributed by atoms with van der Waals surface area (Å²) in [6, 6.07) is 21.3. The van der Waals surface area contributed by atoms with Crippen molar-refractivity contribution in [3.8, 4) is 0 Å². The van der Waals surface area contributed by atoms with Crippen LogP contribution in [0.5, 0.6) is 0 Å². The number of nitrogens with zero attached hydrogens (tertiary/aromatic N) is 1. The fraction of sp³-hybridized carbons (Fsp3) is 0.100.